The Morgan fingerprint density at radius 3 is 2.65 bits per heavy atom. The van der Waals surface area contributed by atoms with E-state index in [0.717, 1.165) is 47.1 Å². The molecule has 0 radical (unpaired) electrons. The van der Waals surface area contributed by atoms with Gasteiger partial charge in [-0.15, -0.1) is 0 Å². The summed E-state index contributed by atoms with van der Waals surface area (Å²) in [6, 6.07) is 7.76. The van der Waals surface area contributed by atoms with Crippen LogP contribution in [0.4, 0.5) is 5.82 Å². The van der Waals surface area contributed by atoms with Crippen molar-refractivity contribution < 1.29 is 4.79 Å². The molecule has 118 valence electrons. The van der Waals surface area contributed by atoms with Crippen LogP contribution in [0, 0.1) is 13.8 Å². The fourth-order valence-corrected chi connectivity index (χ4v) is 3.25. The molecule has 3 heterocycles. The molecule has 1 aromatic carbocycles. The van der Waals surface area contributed by atoms with Gasteiger partial charge in [0.25, 0.3) is 5.91 Å². The minimum absolute atomic E-state index is 0.0684. The smallest absolute Gasteiger partial charge is 0.254 e. The van der Waals surface area contributed by atoms with Gasteiger partial charge < -0.3 is 9.80 Å². The average Bonchev–Trinajstić information content (AvgIpc) is 2.88. The highest BCUT2D eigenvalue weighted by molar-refractivity contribution is 5.94. The number of carbonyl (C=O) groups is 1. The van der Waals surface area contributed by atoms with Crippen LogP contribution in [0.25, 0.3) is 0 Å². The fourth-order valence-electron chi connectivity index (χ4n) is 3.25. The first-order chi connectivity index (χ1) is 11.1. The zero-order valence-corrected chi connectivity index (χ0v) is 13.5. The van der Waals surface area contributed by atoms with Gasteiger partial charge in [-0.1, -0.05) is 17.7 Å². The molecule has 1 amide bonds. The molecule has 2 aliphatic heterocycles. The predicted octanol–water partition coefficient (Wildman–Crippen LogP) is 2.46. The van der Waals surface area contributed by atoms with Gasteiger partial charge in [0, 0.05) is 24.2 Å². The first-order valence-electron chi connectivity index (χ1n) is 8.09. The lowest BCUT2D eigenvalue weighted by molar-refractivity contribution is 0.0750. The molecule has 0 N–H and O–H groups in total. The van der Waals surface area contributed by atoms with Crippen molar-refractivity contribution in [2.45, 2.75) is 33.4 Å². The topological polar surface area (TPSA) is 49.3 Å². The van der Waals surface area contributed by atoms with Crippen molar-refractivity contribution in [3.05, 3.63) is 52.5 Å². The number of aryl methyl sites for hydroxylation is 2. The van der Waals surface area contributed by atoms with E-state index in [4.69, 9.17) is 0 Å². The molecule has 5 heteroatoms. The molecule has 0 saturated carbocycles. The van der Waals surface area contributed by atoms with E-state index in [1.54, 1.807) is 0 Å². The van der Waals surface area contributed by atoms with Crippen LogP contribution in [0.3, 0.4) is 0 Å². The van der Waals surface area contributed by atoms with E-state index in [1.807, 2.05) is 43.0 Å². The van der Waals surface area contributed by atoms with Crippen LogP contribution < -0.4 is 4.90 Å². The first-order valence-corrected chi connectivity index (χ1v) is 8.09. The largest absolute Gasteiger partial charge is 0.356 e. The molecule has 0 unspecified atom stereocenters. The predicted molar refractivity (Wildman–Crippen MR) is 88.4 cm³/mol. The van der Waals surface area contributed by atoms with Crippen LogP contribution in [-0.4, -0.2) is 33.9 Å². The number of hydrogen-bond acceptors (Lipinski definition) is 4. The molecule has 0 bridgehead atoms. The molecule has 1 fully saturated rings. The average molecular weight is 308 g/mol. The van der Waals surface area contributed by atoms with Gasteiger partial charge in [0.1, 0.15) is 11.6 Å². The van der Waals surface area contributed by atoms with Crippen molar-refractivity contribution >= 4 is 11.7 Å². The van der Waals surface area contributed by atoms with Gasteiger partial charge in [-0.25, -0.2) is 9.97 Å². The van der Waals surface area contributed by atoms with Gasteiger partial charge in [0.2, 0.25) is 0 Å². The van der Waals surface area contributed by atoms with Crippen LogP contribution in [0.15, 0.2) is 24.3 Å². The number of amides is 1. The van der Waals surface area contributed by atoms with Gasteiger partial charge in [0.15, 0.2) is 0 Å². The van der Waals surface area contributed by atoms with Gasteiger partial charge in [-0.2, -0.15) is 0 Å². The maximum absolute atomic E-state index is 12.8. The maximum Gasteiger partial charge on any atom is 0.254 e. The van der Waals surface area contributed by atoms with Gasteiger partial charge in [0.05, 0.1) is 18.8 Å². The minimum Gasteiger partial charge on any atom is -0.356 e. The standard InChI is InChI=1S/C18H20N4O/c1-12-5-3-6-14(9-12)18(23)22-10-15-16(11-22)19-13(2)20-17(15)21-7-4-8-21/h3,5-6,9H,4,7-8,10-11H2,1-2H3. The van der Waals surface area contributed by atoms with Gasteiger partial charge in [-0.05, 0) is 32.4 Å². The van der Waals surface area contributed by atoms with Crippen molar-refractivity contribution in [3.8, 4) is 0 Å². The SMILES string of the molecule is Cc1cccc(C(=O)N2Cc3nc(C)nc(N4CCC4)c3C2)c1. The van der Waals surface area contributed by atoms with Crippen LogP contribution in [0.5, 0.6) is 0 Å². The van der Waals surface area contributed by atoms with E-state index < -0.39 is 0 Å². The van der Waals surface area contributed by atoms with Crippen LogP contribution >= 0.6 is 0 Å². The summed E-state index contributed by atoms with van der Waals surface area (Å²) in [4.78, 5) is 26.1. The Bertz CT molecular complexity index is 783. The number of rotatable bonds is 2. The highest BCUT2D eigenvalue weighted by Crippen LogP contribution is 2.32. The lowest BCUT2D eigenvalue weighted by atomic mass is 10.1. The summed E-state index contributed by atoms with van der Waals surface area (Å²) in [5.74, 6) is 1.88. The number of hydrogen-bond donors (Lipinski definition) is 0. The molecular weight excluding hydrogens is 288 g/mol. The fraction of sp³-hybridized carbons (Fsp3) is 0.389. The lowest BCUT2D eigenvalue weighted by Gasteiger charge is -2.33. The first kappa shape index (κ1) is 14.2. The molecule has 2 aliphatic rings. The molecular formula is C18H20N4O. The molecule has 0 spiro atoms. The van der Waals surface area contributed by atoms with E-state index in [1.165, 1.54) is 6.42 Å². The zero-order valence-electron chi connectivity index (χ0n) is 13.5. The normalized spacial score (nSPS) is 16.3. The molecule has 23 heavy (non-hydrogen) atoms. The quantitative estimate of drug-likeness (QED) is 0.855. The maximum atomic E-state index is 12.8. The highest BCUT2D eigenvalue weighted by Gasteiger charge is 2.31. The Morgan fingerprint density at radius 1 is 1.13 bits per heavy atom. The van der Waals surface area contributed by atoms with Crippen LogP contribution in [0.2, 0.25) is 0 Å². The lowest BCUT2D eigenvalue weighted by Crippen LogP contribution is -2.38. The summed E-state index contributed by atoms with van der Waals surface area (Å²) in [6.45, 7) is 7.21. The Morgan fingerprint density at radius 2 is 1.96 bits per heavy atom. The van der Waals surface area contributed by atoms with Crippen molar-refractivity contribution in [1.29, 1.82) is 0 Å². The third-order valence-corrected chi connectivity index (χ3v) is 4.58. The van der Waals surface area contributed by atoms with Gasteiger partial charge >= 0.3 is 0 Å². The van der Waals surface area contributed by atoms with E-state index >= 15 is 0 Å². The summed E-state index contributed by atoms with van der Waals surface area (Å²) >= 11 is 0. The number of nitrogens with zero attached hydrogens (tertiary/aromatic N) is 4. The van der Waals surface area contributed by atoms with E-state index in [0.29, 0.717) is 13.1 Å². The molecule has 0 atom stereocenters. The summed E-state index contributed by atoms with van der Waals surface area (Å²) in [7, 11) is 0. The number of aromatic nitrogens is 2. The summed E-state index contributed by atoms with van der Waals surface area (Å²) < 4.78 is 0. The molecule has 1 aromatic heterocycles. The highest BCUT2D eigenvalue weighted by atomic mass is 16.2. The third kappa shape index (κ3) is 2.46. The second-order valence-corrected chi connectivity index (χ2v) is 6.39. The second kappa shape index (κ2) is 5.33. The Kier molecular flexibility index (Phi) is 3.29. The molecule has 4 rings (SSSR count). The second-order valence-electron chi connectivity index (χ2n) is 6.39. The summed E-state index contributed by atoms with van der Waals surface area (Å²) in [6.07, 6.45) is 1.21. The third-order valence-electron chi connectivity index (χ3n) is 4.58. The molecule has 1 saturated heterocycles. The minimum atomic E-state index is 0.0684. The number of anilines is 1. The molecule has 5 nitrogen and oxygen atoms in total. The Hall–Kier alpha value is -2.43. The number of carbonyl (C=O) groups excluding carboxylic acids is 1. The Labute approximate surface area is 136 Å². The van der Waals surface area contributed by atoms with E-state index in [9.17, 15) is 4.79 Å². The van der Waals surface area contributed by atoms with E-state index in [2.05, 4.69) is 14.9 Å². The van der Waals surface area contributed by atoms with Crippen molar-refractivity contribution in [2.24, 2.45) is 0 Å². The number of fused-ring (bicyclic) bond motifs is 1. The monoisotopic (exact) mass is 308 g/mol. The van der Waals surface area contributed by atoms with Crippen molar-refractivity contribution in [2.75, 3.05) is 18.0 Å². The van der Waals surface area contributed by atoms with Crippen LogP contribution in [-0.2, 0) is 13.1 Å². The van der Waals surface area contributed by atoms with E-state index in [-0.39, 0.29) is 5.91 Å². The summed E-state index contributed by atoms with van der Waals surface area (Å²) in [5.41, 5.74) is 3.97. The molecule has 2 aromatic rings. The summed E-state index contributed by atoms with van der Waals surface area (Å²) in [5, 5.41) is 0. The van der Waals surface area contributed by atoms with Crippen molar-refractivity contribution in [3.63, 3.8) is 0 Å². The zero-order chi connectivity index (χ0) is 16.0. The van der Waals surface area contributed by atoms with Crippen LogP contribution in [0.1, 0.15) is 39.4 Å². The van der Waals surface area contributed by atoms with Gasteiger partial charge in [-0.3, -0.25) is 4.79 Å². The molecule has 0 aliphatic carbocycles. The Balaban J connectivity index is 1.63. The number of benzene rings is 1. The van der Waals surface area contributed by atoms with Crippen molar-refractivity contribution in [1.82, 2.24) is 14.9 Å².